The van der Waals surface area contributed by atoms with Gasteiger partial charge in [0.1, 0.15) is 18.6 Å². The number of aliphatic carboxylic acids is 6. The molecule has 0 heterocycles. The minimum Gasteiger partial charge on any atom is -0.480 e. The van der Waals surface area contributed by atoms with Crippen molar-refractivity contribution >= 4 is 60.3 Å². The van der Waals surface area contributed by atoms with Crippen LogP contribution in [0.25, 0.3) is 0 Å². The number of rotatable bonds is 20. The van der Waals surface area contributed by atoms with Gasteiger partial charge >= 0.3 is 35.8 Å². The van der Waals surface area contributed by atoms with E-state index in [2.05, 4.69) is 23.3 Å². The van der Waals surface area contributed by atoms with Crippen molar-refractivity contribution in [3.63, 3.8) is 0 Å². The fourth-order valence-corrected chi connectivity index (χ4v) is 2.89. The van der Waals surface area contributed by atoms with Crippen molar-refractivity contribution in [3.8, 4) is 0 Å². The third-order valence-electron chi connectivity index (χ3n) is 4.42. The minimum absolute atomic E-state index is 0.0256. The number of nitrogens with zero attached hydrogens (tertiary/aromatic N) is 2. The molecule has 228 valence electrons. The van der Waals surface area contributed by atoms with Gasteiger partial charge in [0.05, 0.1) is 26.2 Å². The molecule has 40 heavy (non-hydrogen) atoms. The Morgan fingerprint density at radius 3 is 1.40 bits per heavy atom. The molecule has 0 saturated heterocycles. The summed E-state index contributed by atoms with van der Waals surface area (Å²) in [5.74, 6) is -8.61. The summed E-state index contributed by atoms with van der Waals surface area (Å²) in [4.78, 5) is 88.1. The Hall–Kier alpha value is -4.01. The van der Waals surface area contributed by atoms with E-state index in [1.165, 1.54) is 0 Å². The standard InChI is InChI=1S/C10H17N3O6S.C10H16N2O8/c11-5(10(18)19)1-2-7(14)13-6(4-20)9(17)12-3-8(15)16;13-7(14)3-11(4-8(15)16)1-2-12(5-9(17)18)6-10(19)20/h5-6,20H,1-4,11H2,(H,12,17)(H,13,14)(H,15,16)(H,18,19);1-6H2,(H,13,14)(H,15,16)(H,17,18)(H,19,20)/t5-,6-;/m0./s1. The molecule has 10 N–H and O–H groups in total. The number of nitrogens with one attached hydrogen (secondary N) is 2. The number of carbonyl (C=O) groups excluding carboxylic acids is 2. The molecule has 0 unspecified atom stereocenters. The fourth-order valence-electron chi connectivity index (χ4n) is 2.63. The van der Waals surface area contributed by atoms with Gasteiger partial charge < -0.3 is 47.0 Å². The van der Waals surface area contributed by atoms with Gasteiger partial charge in [0.2, 0.25) is 11.8 Å². The molecule has 0 saturated carbocycles. The van der Waals surface area contributed by atoms with Crippen LogP contribution in [-0.4, -0.2) is 152 Å². The second-order valence-corrected chi connectivity index (χ2v) is 8.26. The number of hydrogen-bond donors (Lipinski definition) is 10. The van der Waals surface area contributed by atoms with E-state index in [1.807, 2.05) is 0 Å². The topological polar surface area (TPSA) is 314 Å². The lowest BCUT2D eigenvalue weighted by atomic mass is 10.1. The van der Waals surface area contributed by atoms with E-state index in [0.29, 0.717) is 0 Å². The molecule has 0 rings (SSSR count). The Morgan fingerprint density at radius 1 is 0.700 bits per heavy atom. The molecule has 0 aliphatic heterocycles. The smallest absolute Gasteiger partial charge is 0.322 e. The zero-order chi connectivity index (χ0) is 31.4. The van der Waals surface area contributed by atoms with Crippen molar-refractivity contribution < 1.29 is 69.0 Å². The van der Waals surface area contributed by atoms with Crippen LogP contribution < -0.4 is 16.4 Å². The van der Waals surface area contributed by atoms with Gasteiger partial charge in [-0.05, 0) is 6.42 Å². The van der Waals surface area contributed by atoms with E-state index < -0.39 is 92.4 Å². The molecule has 2 amide bonds. The quantitative estimate of drug-likeness (QED) is 0.0592. The highest BCUT2D eigenvalue weighted by Crippen LogP contribution is 1.97. The van der Waals surface area contributed by atoms with Crippen LogP contribution in [0.3, 0.4) is 0 Å². The van der Waals surface area contributed by atoms with Gasteiger partial charge in [0.25, 0.3) is 0 Å². The molecule has 0 radical (unpaired) electrons. The molecule has 0 bridgehead atoms. The van der Waals surface area contributed by atoms with Crippen molar-refractivity contribution in [1.29, 1.82) is 0 Å². The highest BCUT2D eigenvalue weighted by Gasteiger charge is 2.21. The number of carboxylic acid groups (broad SMARTS) is 6. The summed E-state index contributed by atoms with van der Waals surface area (Å²) >= 11 is 3.87. The lowest BCUT2D eigenvalue weighted by Crippen LogP contribution is -2.49. The molecule has 0 fully saturated rings. The Kier molecular flexibility index (Phi) is 19.9. The number of carbonyl (C=O) groups is 8. The van der Waals surface area contributed by atoms with Crippen molar-refractivity contribution in [2.75, 3.05) is 51.6 Å². The van der Waals surface area contributed by atoms with E-state index >= 15 is 0 Å². The van der Waals surface area contributed by atoms with Crippen molar-refractivity contribution in [2.24, 2.45) is 5.73 Å². The number of amides is 2. The number of thiol groups is 1. The first-order chi connectivity index (χ1) is 18.5. The molecule has 19 nitrogen and oxygen atoms in total. The van der Waals surface area contributed by atoms with Crippen LogP contribution in [0.2, 0.25) is 0 Å². The summed E-state index contributed by atoms with van der Waals surface area (Å²) in [5.41, 5.74) is 5.23. The Morgan fingerprint density at radius 2 is 1.10 bits per heavy atom. The Balaban J connectivity index is 0. The van der Waals surface area contributed by atoms with Crippen LogP contribution in [0.15, 0.2) is 0 Å². The van der Waals surface area contributed by atoms with Gasteiger partial charge in [-0.15, -0.1) is 0 Å². The van der Waals surface area contributed by atoms with Gasteiger partial charge in [-0.3, -0.25) is 48.2 Å². The van der Waals surface area contributed by atoms with Crippen LogP contribution in [0.5, 0.6) is 0 Å². The largest absolute Gasteiger partial charge is 0.480 e. The second kappa shape index (κ2) is 20.9. The normalized spacial score (nSPS) is 11.9. The summed E-state index contributed by atoms with van der Waals surface area (Å²) in [7, 11) is 0. The van der Waals surface area contributed by atoms with E-state index in [0.717, 1.165) is 9.80 Å². The number of carboxylic acids is 6. The molecular weight excluding hydrogens is 566 g/mol. The maximum Gasteiger partial charge on any atom is 0.322 e. The molecule has 0 aliphatic rings. The average Bonchev–Trinajstić information content (AvgIpc) is 2.81. The minimum atomic E-state index is -1.23. The first kappa shape index (κ1) is 38.1. The maximum absolute atomic E-state index is 11.5. The summed E-state index contributed by atoms with van der Waals surface area (Å²) < 4.78 is 0. The monoisotopic (exact) mass is 599 g/mol. The first-order valence-electron chi connectivity index (χ1n) is 11.2. The molecular formula is C20H33N5O14S. The predicted octanol–water partition coefficient (Wildman–Crippen LogP) is -4.28. The van der Waals surface area contributed by atoms with Crippen LogP contribution >= 0.6 is 12.6 Å². The molecule has 0 aromatic rings. The Bertz CT molecular complexity index is 850. The van der Waals surface area contributed by atoms with E-state index in [-0.39, 0.29) is 31.7 Å². The third-order valence-corrected chi connectivity index (χ3v) is 4.78. The SMILES string of the molecule is N[C@@H](CCC(=O)N[C@@H](CS)C(=O)NCC(=O)O)C(=O)O.O=C(O)CN(CCN(CC(=O)O)CC(=O)O)CC(=O)O. The van der Waals surface area contributed by atoms with Crippen molar-refractivity contribution in [2.45, 2.75) is 24.9 Å². The number of hydrogen-bond acceptors (Lipinski definition) is 12. The lowest BCUT2D eigenvalue weighted by Gasteiger charge is -2.23. The zero-order valence-corrected chi connectivity index (χ0v) is 22.0. The summed E-state index contributed by atoms with van der Waals surface area (Å²) in [6.45, 7) is -2.82. The fraction of sp³-hybridized carbons (Fsp3) is 0.600. The van der Waals surface area contributed by atoms with Gasteiger partial charge in [0.15, 0.2) is 0 Å². The highest BCUT2D eigenvalue weighted by molar-refractivity contribution is 7.80. The molecule has 0 aromatic heterocycles. The average molecular weight is 600 g/mol. The van der Waals surface area contributed by atoms with Crippen molar-refractivity contribution in [1.82, 2.24) is 20.4 Å². The third kappa shape index (κ3) is 22.0. The maximum atomic E-state index is 11.5. The molecule has 20 heteroatoms. The predicted molar refractivity (Wildman–Crippen MR) is 135 cm³/mol. The Labute approximate surface area is 232 Å². The summed E-state index contributed by atoms with van der Waals surface area (Å²) in [6, 6.07) is -2.15. The van der Waals surface area contributed by atoms with Crippen LogP contribution in [0, 0.1) is 0 Å². The molecule has 0 aliphatic carbocycles. The van der Waals surface area contributed by atoms with Crippen molar-refractivity contribution in [3.05, 3.63) is 0 Å². The summed E-state index contributed by atoms with van der Waals surface area (Å²) in [6.07, 6.45) is -0.235. The number of nitrogens with two attached hydrogens (primary N) is 1. The highest BCUT2D eigenvalue weighted by atomic mass is 32.1. The van der Waals surface area contributed by atoms with Crippen LogP contribution in [0.1, 0.15) is 12.8 Å². The van der Waals surface area contributed by atoms with Crippen LogP contribution in [-0.2, 0) is 38.4 Å². The lowest BCUT2D eigenvalue weighted by molar-refractivity contribution is -0.145. The van der Waals surface area contributed by atoms with Crippen LogP contribution in [0.4, 0.5) is 0 Å². The van der Waals surface area contributed by atoms with Gasteiger partial charge in [-0.2, -0.15) is 12.6 Å². The molecule has 0 aromatic carbocycles. The van der Waals surface area contributed by atoms with E-state index in [9.17, 15) is 38.4 Å². The van der Waals surface area contributed by atoms with E-state index in [4.69, 9.17) is 36.4 Å². The summed E-state index contributed by atoms with van der Waals surface area (Å²) in [5, 5.41) is 55.8. The van der Waals surface area contributed by atoms with E-state index in [1.54, 1.807) is 0 Å². The second-order valence-electron chi connectivity index (χ2n) is 7.89. The van der Waals surface area contributed by atoms with Gasteiger partial charge in [-0.1, -0.05) is 0 Å². The first-order valence-corrected chi connectivity index (χ1v) is 11.8. The zero-order valence-electron chi connectivity index (χ0n) is 21.1. The molecule has 2 atom stereocenters. The van der Waals surface area contributed by atoms with Gasteiger partial charge in [0, 0.05) is 25.3 Å². The van der Waals surface area contributed by atoms with Gasteiger partial charge in [-0.25, -0.2) is 0 Å². The molecule has 0 spiro atoms.